The van der Waals surface area contributed by atoms with Gasteiger partial charge in [0, 0.05) is 41.6 Å². The molecule has 0 saturated heterocycles. The van der Waals surface area contributed by atoms with Crippen molar-refractivity contribution in [3.63, 3.8) is 0 Å². The molecule has 0 bridgehead atoms. The lowest BCUT2D eigenvalue weighted by molar-refractivity contribution is 0.608. The molecule has 4 aromatic rings. The number of fused-ring (bicyclic) bond motifs is 2. The Hall–Kier alpha value is -2.96. The lowest BCUT2D eigenvalue weighted by atomic mass is 10.1. The number of nitrogens with one attached hydrogen (secondary N) is 2. The van der Waals surface area contributed by atoms with Gasteiger partial charge in [0.05, 0.1) is 0 Å². The van der Waals surface area contributed by atoms with E-state index in [2.05, 4.69) is 37.3 Å². The Labute approximate surface area is 138 Å². The Morgan fingerprint density at radius 2 is 2.21 bits per heavy atom. The van der Waals surface area contributed by atoms with Gasteiger partial charge in [-0.1, -0.05) is 6.92 Å². The molecule has 0 aromatic carbocycles. The largest absolute Gasteiger partial charge is 0.354 e. The van der Waals surface area contributed by atoms with E-state index in [1.54, 1.807) is 10.8 Å². The monoisotopic (exact) mass is 319 g/mol. The molecule has 120 valence electrons. The van der Waals surface area contributed by atoms with E-state index in [-0.39, 0.29) is 0 Å². The highest BCUT2D eigenvalue weighted by atomic mass is 15.3. The second-order valence-electron chi connectivity index (χ2n) is 6.80. The third-order valence-corrected chi connectivity index (χ3v) is 4.79. The summed E-state index contributed by atoms with van der Waals surface area (Å²) in [6.45, 7) is 3.21. The highest BCUT2D eigenvalue weighted by molar-refractivity contribution is 5.93. The Bertz CT molecular complexity index is 1040. The number of aromatic amines is 1. The van der Waals surface area contributed by atoms with Crippen molar-refractivity contribution in [2.45, 2.75) is 19.8 Å². The summed E-state index contributed by atoms with van der Waals surface area (Å²) in [6.07, 6.45) is 9.90. The lowest BCUT2D eigenvalue weighted by Gasteiger charge is -2.09. The van der Waals surface area contributed by atoms with Crippen molar-refractivity contribution in [3.8, 4) is 11.1 Å². The molecule has 7 nitrogen and oxygen atoms in total. The zero-order valence-electron chi connectivity index (χ0n) is 13.3. The maximum Gasteiger partial charge on any atom is 0.224 e. The van der Waals surface area contributed by atoms with Gasteiger partial charge in [0.1, 0.15) is 12.0 Å². The predicted octanol–water partition coefficient (Wildman–Crippen LogP) is 2.88. The summed E-state index contributed by atoms with van der Waals surface area (Å²) < 4.78 is 1.77. The van der Waals surface area contributed by atoms with Gasteiger partial charge in [0.15, 0.2) is 5.65 Å². The highest BCUT2D eigenvalue weighted by Crippen LogP contribution is 2.44. The van der Waals surface area contributed by atoms with Gasteiger partial charge in [-0.05, 0) is 30.4 Å². The topological polar surface area (TPSA) is 83.8 Å². The summed E-state index contributed by atoms with van der Waals surface area (Å²) in [7, 11) is 0. The third-order valence-electron chi connectivity index (χ3n) is 4.79. The first-order valence-corrected chi connectivity index (χ1v) is 8.08. The first-order valence-electron chi connectivity index (χ1n) is 8.08. The van der Waals surface area contributed by atoms with Crippen molar-refractivity contribution >= 4 is 22.6 Å². The summed E-state index contributed by atoms with van der Waals surface area (Å²) >= 11 is 0. The molecule has 2 N–H and O–H groups in total. The molecule has 24 heavy (non-hydrogen) atoms. The van der Waals surface area contributed by atoms with Crippen LogP contribution in [0.15, 0.2) is 37.1 Å². The third kappa shape index (κ3) is 2.20. The lowest BCUT2D eigenvalue weighted by Crippen LogP contribution is -2.13. The molecule has 1 fully saturated rings. The van der Waals surface area contributed by atoms with E-state index in [0.717, 1.165) is 34.4 Å². The first kappa shape index (κ1) is 13.5. The van der Waals surface area contributed by atoms with Crippen molar-refractivity contribution in [1.29, 1.82) is 0 Å². The van der Waals surface area contributed by atoms with Gasteiger partial charge in [-0.25, -0.2) is 14.5 Å². The van der Waals surface area contributed by atoms with Crippen LogP contribution < -0.4 is 5.32 Å². The first-order chi connectivity index (χ1) is 11.7. The van der Waals surface area contributed by atoms with Crippen molar-refractivity contribution in [3.05, 3.63) is 37.1 Å². The highest BCUT2D eigenvalue weighted by Gasteiger charge is 2.36. The minimum Gasteiger partial charge on any atom is -0.354 e. The van der Waals surface area contributed by atoms with Crippen molar-refractivity contribution in [2.24, 2.45) is 5.41 Å². The molecule has 1 aliphatic rings. The van der Waals surface area contributed by atoms with Gasteiger partial charge >= 0.3 is 0 Å². The number of hydrogen-bond acceptors (Lipinski definition) is 5. The molecule has 1 saturated carbocycles. The number of hydrogen-bond donors (Lipinski definition) is 2. The summed E-state index contributed by atoms with van der Waals surface area (Å²) in [4.78, 5) is 16.5. The van der Waals surface area contributed by atoms with E-state index < -0.39 is 0 Å². The van der Waals surface area contributed by atoms with Gasteiger partial charge < -0.3 is 10.3 Å². The molecular weight excluding hydrogens is 302 g/mol. The summed E-state index contributed by atoms with van der Waals surface area (Å²) in [5.41, 5.74) is 4.20. The number of anilines is 1. The van der Waals surface area contributed by atoms with Crippen LogP contribution in [0, 0.1) is 5.41 Å². The van der Waals surface area contributed by atoms with E-state index in [0.29, 0.717) is 11.4 Å². The molecule has 7 heteroatoms. The van der Waals surface area contributed by atoms with Gasteiger partial charge in [-0.3, -0.25) is 0 Å². The number of aromatic nitrogens is 6. The number of rotatable bonds is 4. The van der Waals surface area contributed by atoms with E-state index in [1.807, 2.05) is 30.7 Å². The van der Waals surface area contributed by atoms with Crippen LogP contribution in [0.5, 0.6) is 0 Å². The van der Waals surface area contributed by atoms with Gasteiger partial charge in [0.2, 0.25) is 5.95 Å². The van der Waals surface area contributed by atoms with Gasteiger partial charge in [-0.15, -0.1) is 0 Å². The predicted molar refractivity (Wildman–Crippen MR) is 91.7 cm³/mol. The summed E-state index contributed by atoms with van der Waals surface area (Å²) in [5.74, 6) is 0.677. The Morgan fingerprint density at radius 3 is 3.08 bits per heavy atom. The number of nitrogens with zero attached hydrogens (tertiary/aromatic N) is 5. The van der Waals surface area contributed by atoms with Gasteiger partial charge in [-0.2, -0.15) is 10.1 Å². The molecule has 4 aromatic heterocycles. The molecule has 0 amide bonds. The Kier molecular flexibility index (Phi) is 2.68. The number of H-pyrrole nitrogens is 1. The van der Waals surface area contributed by atoms with E-state index in [1.165, 1.54) is 12.8 Å². The molecule has 0 unspecified atom stereocenters. The van der Waals surface area contributed by atoms with Crippen molar-refractivity contribution in [2.75, 3.05) is 11.9 Å². The summed E-state index contributed by atoms with van der Waals surface area (Å²) in [6, 6.07) is 3.99. The zero-order valence-corrected chi connectivity index (χ0v) is 13.3. The molecule has 4 heterocycles. The van der Waals surface area contributed by atoms with E-state index in [9.17, 15) is 0 Å². The van der Waals surface area contributed by atoms with Crippen LogP contribution in [0.1, 0.15) is 19.8 Å². The normalized spacial score (nSPS) is 15.9. The average molecular weight is 319 g/mol. The minimum atomic E-state index is 0.423. The van der Waals surface area contributed by atoms with Crippen LogP contribution in [0.3, 0.4) is 0 Å². The van der Waals surface area contributed by atoms with Crippen LogP contribution in [0.25, 0.3) is 27.8 Å². The van der Waals surface area contributed by atoms with Crippen LogP contribution in [0.2, 0.25) is 0 Å². The Morgan fingerprint density at radius 1 is 1.29 bits per heavy atom. The molecular formula is C17H17N7. The van der Waals surface area contributed by atoms with Crippen LogP contribution in [-0.4, -0.2) is 36.1 Å². The van der Waals surface area contributed by atoms with Crippen molar-refractivity contribution in [1.82, 2.24) is 29.5 Å². The standard InChI is InChI=1S/C17H17N7/c1-17(4-5-17)9-20-16-19-7-13-12(6-18-15(13)23-16)11-2-3-14-21-10-22-24(14)8-11/h2-3,6-8,10H,4-5,9H2,1H3,(H2,18,19,20,23). The quantitative estimate of drug-likeness (QED) is 0.604. The fraction of sp³-hybridized carbons (Fsp3) is 0.294. The summed E-state index contributed by atoms with van der Waals surface area (Å²) in [5, 5.41) is 8.53. The molecule has 0 atom stereocenters. The number of pyridine rings is 1. The molecule has 0 radical (unpaired) electrons. The minimum absolute atomic E-state index is 0.423. The fourth-order valence-corrected chi connectivity index (χ4v) is 2.89. The molecule has 0 aliphatic heterocycles. The zero-order chi connectivity index (χ0) is 16.1. The molecule has 0 spiro atoms. The van der Waals surface area contributed by atoms with Crippen LogP contribution >= 0.6 is 0 Å². The second kappa shape index (κ2) is 4.77. The SMILES string of the molecule is CC1(CNc2ncc3c(-c4ccc5ncnn5c4)c[nH]c3n2)CC1. The second-order valence-corrected chi connectivity index (χ2v) is 6.80. The van der Waals surface area contributed by atoms with E-state index in [4.69, 9.17) is 0 Å². The maximum absolute atomic E-state index is 4.59. The van der Waals surface area contributed by atoms with Crippen molar-refractivity contribution < 1.29 is 0 Å². The maximum atomic E-state index is 4.59. The van der Waals surface area contributed by atoms with E-state index >= 15 is 0 Å². The smallest absolute Gasteiger partial charge is 0.224 e. The van der Waals surface area contributed by atoms with Crippen LogP contribution in [0.4, 0.5) is 5.95 Å². The Balaban J connectivity index is 1.50. The van der Waals surface area contributed by atoms with Crippen LogP contribution in [-0.2, 0) is 0 Å². The fourth-order valence-electron chi connectivity index (χ4n) is 2.89. The molecule has 1 aliphatic carbocycles. The average Bonchev–Trinajstić information content (AvgIpc) is 3.02. The van der Waals surface area contributed by atoms with Gasteiger partial charge in [0.25, 0.3) is 0 Å². The molecule has 5 rings (SSSR count).